The number of hydrogen-bond acceptors (Lipinski definition) is 2. The number of hydrogen-bond donors (Lipinski definition) is 1. The molecule has 1 atom stereocenters. The molecule has 2 aliphatic rings. The Morgan fingerprint density at radius 1 is 1.78 bits per heavy atom. The Labute approximate surface area is 55.5 Å². The van der Waals surface area contributed by atoms with E-state index in [1.54, 1.807) is 0 Å². The molecule has 1 N–H and O–H groups in total. The summed E-state index contributed by atoms with van der Waals surface area (Å²) in [4.78, 5) is 2.34. The van der Waals surface area contributed by atoms with E-state index in [9.17, 15) is 0 Å². The lowest BCUT2D eigenvalue weighted by Crippen LogP contribution is -2.10. The summed E-state index contributed by atoms with van der Waals surface area (Å²) >= 11 is 0. The first-order chi connectivity index (χ1) is 4.38. The highest BCUT2D eigenvalue weighted by Gasteiger charge is 2.27. The van der Waals surface area contributed by atoms with Gasteiger partial charge >= 0.3 is 0 Å². The Kier molecular flexibility index (Phi) is 0.949. The molecule has 1 fully saturated rings. The molecule has 0 aromatic heterocycles. The second kappa shape index (κ2) is 1.66. The van der Waals surface area contributed by atoms with Crippen LogP contribution in [0, 0.1) is 5.92 Å². The van der Waals surface area contributed by atoms with Crippen molar-refractivity contribution >= 4 is 0 Å². The van der Waals surface area contributed by atoms with E-state index >= 15 is 0 Å². The van der Waals surface area contributed by atoms with Gasteiger partial charge in [0.1, 0.15) is 0 Å². The fraction of sp³-hybridized carbons (Fsp3) is 0.714. The monoisotopic (exact) mass is 124 g/mol. The molecule has 0 aromatic rings. The molecule has 0 aliphatic carbocycles. The van der Waals surface area contributed by atoms with Crippen LogP contribution in [0.3, 0.4) is 0 Å². The second-order valence-electron chi connectivity index (χ2n) is 2.88. The number of nitrogens with one attached hydrogen (secondary N) is 1. The molecular formula is C7H12N2. The number of nitrogens with zero attached hydrogens (tertiary/aromatic N) is 1. The van der Waals surface area contributed by atoms with E-state index in [1.165, 1.54) is 25.2 Å². The maximum absolute atomic E-state index is 3.25. The van der Waals surface area contributed by atoms with Gasteiger partial charge < -0.3 is 10.2 Å². The minimum absolute atomic E-state index is 0.829. The normalized spacial score (nSPS) is 31.9. The van der Waals surface area contributed by atoms with E-state index < -0.39 is 0 Å². The molecule has 1 saturated heterocycles. The maximum atomic E-state index is 3.25. The summed E-state index contributed by atoms with van der Waals surface area (Å²) in [6.07, 6.45) is 3.49. The predicted molar refractivity (Wildman–Crippen MR) is 36.8 cm³/mol. The highest BCUT2D eigenvalue weighted by molar-refractivity contribution is 5.14. The van der Waals surface area contributed by atoms with Gasteiger partial charge in [-0.15, -0.1) is 0 Å². The van der Waals surface area contributed by atoms with Crippen LogP contribution >= 0.6 is 0 Å². The van der Waals surface area contributed by atoms with Crippen molar-refractivity contribution in [1.82, 2.24) is 10.2 Å². The van der Waals surface area contributed by atoms with Crippen molar-refractivity contribution in [2.75, 3.05) is 20.1 Å². The molecule has 2 heteroatoms. The summed E-state index contributed by atoms with van der Waals surface area (Å²) in [7, 11) is 2.17. The van der Waals surface area contributed by atoms with Gasteiger partial charge in [-0.05, 0) is 6.42 Å². The van der Waals surface area contributed by atoms with E-state index in [0.717, 1.165) is 5.92 Å². The highest BCUT2D eigenvalue weighted by Crippen LogP contribution is 2.27. The molecular weight excluding hydrogens is 112 g/mol. The fourth-order valence-corrected chi connectivity index (χ4v) is 1.68. The zero-order chi connectivity index (χ0) is 6.27. The molecule has 0 saturated carbocycles. The topological polar surface area (TPSA) is 15.3 Å². The van der Waals surface area contributed by atoms with Crippen LogP contribution in [-0.4, -0.2) is 25.0 Å². The van der Waals surface area contributed by atoms with Crippen molar-refractivity contribution in [1.29, 1.82) is 0 Å². The lowest BCUT2D eigenvalue weighted by molar-refractivity contribution is 0.479. The van der Waals surface area contributed by atoms with E-state index in [2.05, 4.69) is 23.5 Å². The van der Waals surface area contributed by atoms with E-state index in [1.807, 2.05) is 0 Å². The Hall–Kier alpha value is -0.660. The van der Waals surface area contributed by atoms with Crippen molar-refractivity contribution in [3.05, 3.63) is 11.9 Å². The average molecular weight is 124 g/mol. The maximum Gasteiger partial charge on any atom is 0.0339 e. The van der Waals surface area contributed by atoms with Crippen LogP contribution in [0.2, 0.25) is 0 Å². The molecule has 0 amide bonds. The third-order valence-corrected chi connectivity index (χ3v) is 2.29. The molecule has 2 aliphatic heterocycles. The highest BCUT2D eigenvalue weighted by atomic mass is 15.2. The van der Waals surface area contributed by atoms with E-state index in [0.29, 0.717) is 0 Å². The fourth-order valence-electron chi connectivity index (χ4n) is 1.68. The Bertz CT molecular complexity index is 151. The third-order valence-electron chi connectivity index (χ3n) is 2.29. The average Bonchev–Trinajstić information content (AvgIpc) is 2.35. The van der Waals surface area contributed by atoms with Crippen molar-refractivity contribution < 1.29 is 0 Å². The van der Waals surface area contributed by atoms with Gasteiger partial charge in [-0.2, -0.15) is 0 Å². The summed E-state index contributed by atoms with van der Waals surface area (Å²) in [6, 6.07) is 0. The number of likely N-dealkylation sites (tertiary alicyclic amines) is 1. The first-order valence-corrected chi connectivity index (χ1v) is 3.52. The van der Waals surface area contributed by atoms with Gasteiger partial charge in [0.25, 0.3) is 0 Å². The van der Waals surface area contributed by atoms with Crippen LogP contribution in [0.15, 0.2) is 11.9 Å². The van der Waals surface area contributed by atoms with Crippen LogP contribution in [0.1, 0.15) is 6.42 Å². The molecule has 0 bridgehead atoms. The SMILES string of the molecule is CN1CCC2CNC=C21. The summed E-state index contributed by atoms with van der Waals surface area (Å²) in [5, 5.41) is 3.25. The van der Waals surface area contributed by atoms with Crippen LogP contribution in [0.4, 0.5) is 0 Å². The molecule has 0 radical (unpaired) electrons. The zero-order valence-corrected chi connectivity index (χ0v) is 5.72. The Morgan fingerprint density at radius 2 is 2.67 bits per heavy atom. The van der Waals surface area contributed by atoms with E-state index in [4.69, 9.17) is 0 Å². The Morgan fingerprint density at radius 3 is 3.44 bits per heavy atom. The smallest absolute Gasteiger partial charge is 0.0339 e. The molecule has 0 aromatic carbocycles. The van der Waals surface area contributed by atoms with Crippen molar-refractivity contribution in [3.8, 4) is 0 Å². The van der Waals surface area contributed by atoms with Crippen LogP contribution < -0.4 is 5.32 Å². The quantitative estimate of drug-likeness (QED) is 0.502. The predicted octanol–water partition coefficient (Wildman–Crippen LogP) is 0.383. The van der Waals surface area contributed by atoms with Gasteiger partial charge in [-0.1, -0.05) is 0 Å². The third kappa shape index (κ3) is 0.622. The van der Waals surface area contributed by atoms with Crippen molar-refractivity contribution in [2.45, 2.75) is 6.42 Å². The number of rotatable bonds is 0. The molecule has 9 heavy (non-hydrogen) atoms. The number of fused-ring (bicyclic) bond motifs is 1. The summed E-state index contributed by atoms with van der Waals surface area (Å²) < 4.78 is 0. The minimum atomic E-state index is 0.829. The van der Waals surface area contributed by atoms with Gasteiger partial charge in [-0.3, -0.25) is 0 Å². The van der Waals surface area contributed by atoms with Gasteiger partial charge in [0.05, 0.1) is 0 Å². The van der Waals surface area contributed by atoms with Gasteiger partial charge in [0, 0.05) is 38.0 Å². The molecule has 0 spiro atoms. The van der Waals surface area contributed by atoms with Crippen LogP contribution in [-0.2, 0) is 0 Å². The summed E-state index contributed by atoms with van der Waals surface area (Å²) in [5.41, 5.74) is 1.51. The van der Waals surface area contributed by atoms with Crippen molar-refractivity contribution in [2.24, 2.45) is 5.92 Å². The first kappa shape index (κ1) is 5.15. The molecule has 50 valence electrons. The van der Waals surface area contributed by atoms with Gasteiger partial charge in [0.2, 0.25) is 0 Å². The lowest BCUT2D eigenvalue weighted by Gasteiger charge is -2.10. The Balaban J connectivity index is 2.22. The molecule has 2 rings (SSSR count). The largest absolute Gasteiger partial charge is 0.389 e. The molecule has 2 nitrogen and oxygen atoms in total. The first-order valence-electron chi connectivity index (χ1n) is 3.52. The molecule has 2 heterocycles. The second-order valence-corrected chi connectivity index (χ2v) is 2.88. The minimum Gasteiger partial charge on any atom is -0.389 e. The van der Waals surface area contributed by atoms with E-state index in [-0.39, 0.29) is 0 Å². The zero-order valence-electron chi connectivity index (χ0n) is 5.72. The van der Waals surface area contributed by atoms with Crippen LogP contribution in [0.25, 0.3) is 0 Å². The summed E-state index contributed by atoms with van der Waals surface area (Å²) in [6.45, 7) is 2.41. The van der Waals surface area contributed by atoms with Gasteiger partial charge in [0.15, 0.2) is 0 Å². The summed E-state index contributed by atoms with van der Waals surface area (Å²) in [5.74, 6) is 0.829. The standard InChI is InChI=1S/C7H12N2/c1-9-3-2-6-4-8-5-7(6)9/h5-6,8H,2-4H2,1H3. The van der Waals surface area contributed by atoms with Crippen LogP contribution in [0.5, 0.6) is 0 Å². The molecule has 1 unspecified atom stereocenters. The van der Waals surface area contributed by atoms with Gasteiger partial charge in [-0.25, -0.2) is 0 Å². The van der Waals surface area contributed by atoms with Crippen molar-refractivity contribution in [3.63, 3.8) is 0 Å². The lowest BCUT2D eigenvalue weighted by atomic mass is 10.1.